The summed E-state index contributed by atoms with van der Waals surface area (Å²) in [7, 11) is 0. The second-order valence-corrected chi connectivity index (χ2v) is 7.11. The SMILES string of the molecule is Cc1noc2nc(-c3ccco3)cc(C(=O)Nc3c(F)cc(F)cc3-c3ccccc3)c12. The summed E-state index contributed by atoms with van der Waals surface area (Å²) in [5.74, 6) is -1.84. The molecule has 0 bridgehead atoms. The molecule has 5 aromatic rings. The van der Waals surface area contributed by atoms with Gasteiger partial charge in [-0.15, -0.1) is 0 Å². The van der Waals surface area contributed by atoms with Crippen molar-refractivity contribution in [2.75, 3.05) is 5.32 Å². The molecule has 0 aliphatic rings. The van der Waals surface area contributed by atoms with Gasteiger partial charge in [0.25, 0.3) is 11.6 Å². The number of hydrogen-bond donors (Lipinski definition) is 1. The zero-order chi connectivity index (χ0) is 22.2. The minimum atomic E-state index is -0.893. The summed E-state index contributed by atoms with van der Waals surface area (Å²) in [6.07, 6.45) is 1.48. The Kier molecular flexibility index (Phi) is 4.74. The van der Waals surface area contributed by atoms with E-state index >= 15 is 0 Å². The molecule has 0 radical (unpaired) electrons. The fourth-order valence-corrected chi connectivity index (χ4v) is 3.55. The Bertz CT molecular complexity index is 1440. The van der Waals surface area contributed by atoms with Crippen molar-refractivity contribution in [2.24, 2.45) is 0 Å². The fourth-order valence-electron chi connectivity index (χ4n) is 3.55. The Morgan fingerprint density at radius 2 is 1.84 bits per heavy atom. The molecule has 0 unspecified atom stereocenters. The van der Waals surface area contributed by atoms with Gasteiger partial charge in [-0.2, -0.15) is 0 Å². The van der Waals surface area contributed by atoms with E-state index in [1.807, 2.05) is 0 Å². The van der Waals surface area contributed by atoms with Crippen molar-refractivity contribution in [3.63, 3.8) is 0 Å². The average molecular weight is 431 g/mol. The number of amides is 1. The zero-order valence-electron chi connectivity index (χ0n) is 16.7. The van der Waals surface area contributed by atoms with E-state index in [9.17, 15) is 13.6 Å². The number of hydrogen-bond acceptors (Lipinski definition) is 5. The van der Waals surface area contributed by atoms with Crippen LogP contribution in [-0.4, -0.2) is 16.0 Å². The van der Waals surface area contributed by atoms with Crippen LogP contribution < -0.4 is 5.32 Å². The minimum Gasteiger partial charge on any atom is -0.463 e. The van der Waals surface area contributed by atoms with Crippen molar-refractivity contribution in [1.82, 2.24) is 10.1 Å². The summed E-state index contributed by atoms with van der Waals surface area (Å²) < 4.78 is 39.4. The number of carbonyl (C=O) groups excluding carboxylic acids is 1. The molecule has 0 atom stereocenters. The van der Waals surface area contributed by atoms with Crippen LogP contribution in [0.2, 0.25) is 0 Å². The first-order valence-electron chi connectivity index (χ1n) is 9.68. The lowest BCUT2D eigenvalue weighted by atomic mass is 10.0. The number of nitrogens with one attached hydrogen (secondary N) is 1. The van der Waals surface area contributed by atoms with Gasteiger partial charge >= 0.3 is 0 Å². The molecule has 3 heterocycles. The first-order chi connectivity index (χ1) is 15.5. The standard InChI is InChI=1S/C24H15F2N3O3/c1-13-21-17(12-19(20-8-5-9-31-20)27-24(21)32-29-13)23(30)28-22-16(10-15(25)11-18(22)26)14-6-3-2-4-7-14/h2-12H,1H3,(H,28,30). The molecular weight excluding hydrogens is 416 g/mol. The highest BCUT2D eigenvalue weighted by atomic mass is 19.1. The number of anilines is 1. The monoisotopic (exact) mass is 431 g/mol. The molecule has 3 aromatic heterocycles. The largest absolute Gasteiger partial charge is 0.463 e. The van der Waals surface area contributed by atoms with Crippen LogP contribution in [0.1, 0.15) is 16.1 Å². The summed E-state index contributed by atoms with van der Waals surface area (Å²) in [6, 6.07) is 15.5. The molecule has 8 heteroatoms. The number of furan rings is 1. The maximum Gasteiger partial charge on any atom is 0.259 e. The topological polar surface area (TPSA) is 81.2 Å². The third-order valence-corrected chi connectivity index (χ3v) is 5.01. The van der Waals surface area contributed by atoms with Crippen LogP contribution in [0, 0.1) is 18.6 Å². The number of rotatable bonds is 4. The van der Waals surface area contributed by atoms with Gasteiger partial charge in [0.15, 0.2) is 5.76 Å². The first kappa shape index (κ1) is 19.6. The van der Waals surface area contributed by atoms with Crippen LogP contribution in [0.4, 0.5) is 14.5 Å². The number of fused-ring (bicyclic) bond motifs is 1. The lowest BCUT2D eigenvalue weighted by Gasteiger charge is -2.14. The van der Waals surface area contributed by atoms with Gasteiger partial charge < -0.3 is 14.3 Å². The molecule has 2 aromatic carbocycles. The normalized spacial score (nSPS) is 11.1. The number of carbonyl (C=O) groups is 1. The Morgan fingerprint density at radius 1 is 1.03 bits per heavy atom. The van der Waals surface area contributed by atoms with Gasteiger partial charge in [-0.05, 0) is 36.8 Å². The number of benzene rings is 2. The van der Waals surface area contributed by atoms with Crippen molar-refractivity contribution in [2.45, 2.75) is 6.92 Å². The highest BCUT2D eigenvalue weighted by molar-refractivity contribution is 6.14. The molecule has 0 spiro atoms. The smallest absolute Gasteiger partial charge is 0.259 e. The van der Waals surface area contributed by atoms with E-state index < -0.39 is 17.5 Å². The Labute approximate surface area is 180 Å². The lowest BCUT2D eigenvalue weighted by molar-refractivity contribution is 0.102. The summed E-state index contributed by atoms with van der Waals surface area (Å²) >= 11 is 0. The van der Waals surface area contributed by atoms with Gasteiger partial charge in [-0.25, -0.2) is 13.8 Å². The van der Waals surface area contributed by atoms with Crippen LogP contribution in [0.5, 0.6) is 0 Å². The Hall–Kier alpha value is -4.33. The number of aromatic nitrogens is 2. The molecule has 5 rings (SSSR count). The molecule has 0 saturated heterocycles. The van der Waals surface area contributed by atoms with Crippen LogP contribution in [0.3, 0.4) is 0 Å². The van der Waals surface area contributed by atoms with Gasteiger partial charge in [-0.3, -0.25) is 4.79 Å². The maximum absolute atomic E-state index is 14.8. The Morgan fingerprint density at radius 3 is 2.59 bits per heavy atom. The third-order valence-electron chi connectivity index (χ3n) is 5.01. The van der Waals surface area contributed by atoms with Crippen LogP contribution >= 0.6 is 0 Å². The molecule has 1 N–H and O–H groups in total. The molecule has 1 amide bonds. The van der Waals surface area contributed by atoms with Gasteiger partial charge in [-0.1, -0.05) is 35.5 Å². The summed E-state index contributed by atoms with van der Waals surface area (Å²) in [6.45, 7) is 1.67. The molecular formula is C24H15F2N3O3. The Balaban J connectivity index is 1.63. The highest BCUT2D eigenvalue weighted by Gasteiger charge is 2.23. The van der Waals surface area contributed by atoms with E-state index in [-0.39, 0.29) is 22.5 Å². The molecule has 32 heavy (non-hydrogen) atoms. The second kappa shape index (κ2) is 7.73. The van der Waals surface area contributed by atoms with E-state index in [1.165, 1.54) is 18.4 Å². The zero-order valence-corrected chi connectivity index (χ0v) is 16.7. The minimum absolute atomic E-state index is 0.138. The highest BCUT2D eigenvalue weighted by Crippen LogP contribution is 2.33. The fraction of sp³-hybridized carbons (Fsp3) is 0.0417. The van der Waals surface area contributed by atoms with Crippen LogP contribution in [-0.2, 0) is 0 Å². The van der Waals surface area contributed by atoms with Gasteiger partial charge in [0.1, 0.15) is 17.3 Å². The maximum atomic E-state index is 14.8. The summed E-state index contributed by atoms with van der Waals surface area (Å²) in [4.78, 5) is 17.7. The van der Waals surface area contributed by atoms with Crippen molar-refractivity contribution in [1.29, 1.82) is 0 Å². The van der Waals surface area contributed by atoms with E-state index in [4.69, 9.17) is 8.94 Å². The number of nitrogens with zero attached hydrogens (tertiary/aromatic N) is 2. The van der Waals surface area contributed by atoms with E-state index in [0.717, 1.165) is 6.07 Å². The molecule has 158 valence electrons. The second-order valence-electron chi connectivity index (χ2n) is 7.11. The molecule has 0 aliphatic heterocycles. The number of halogens is 2. The quantitative estimate of drug-likeness (QED) is 0.378. The molecule has 0 saturated carbocycles. The summed E-state index contributed by atoms with van der Waals surface area (Å²) in [5.41, 5.74) is 1.75. The van der Waals surface area contributed by atoms with Crippen LogP contribution in [0.15, 0.2) is 75.9 Å². The number of aryl methyl sites for hydroxylation is 1. The van der Waals surface area contributed by atoms with E-state index in [0.29, 0.717) is 28.1 Å². The van der Waals surface area contributed by atoms with Crippen molar-refractivity contribution in [3.05, 3.63) is 89.8 Å². The summed E-state index contributed by atoms with van der Waals surface area (Å²) in [5, 5.41) is 6.88. The van der Waals surface area contributed by atoms with Crippen molar-refractivity contribution < 1.29 is 22.5 Å². The van der Waals surface area contributed by atoms with Gasteiger partial charge in [0.05, 0.1) is 28.6 Å². The third kappa shape index (κ3) is 3.41. The predicted octanol–water partition coefficient (Wildman–Crippen LogP) is 5.99. The van der Waals surface area contributed by atoms with Crippen molar-refractivity contribution in [3.8, 4) is 22.6 Å². The lowest BCUT2D eigenvalue weighted by Crippen LogP contribution is -2.15. The number of pyridine rings is 1. The van der Waals surface area contributed by atoms with Gasteiger partial charge in [0.2, 0.25) is 0 Å². The first-order valence-corrected chi connectivity index (χ1v) is 9.68. The molecule has 0 fully saturated rings. The van der Waals surface area contributed by atoms with E-state index in [1.54, 1.807) is 49.4 Å². The molecule has 6 nitrogen and oxygen atoms in total. The van der Waals surface area contributed by atoms with Crippen LogP contribution in [0.25, 0.3) is 33.7 Å². The average Bonchev–Trinajstić information content (AvgIpc) is 3.46. The molecule has 0 aliphatic carbocycles. The van der Waals surface area contributed by atoms with E-state index in [2.05, 4.69) is 15.5 Å². The van der Waals surface area contributed by atoms with Gasteiger partial charge in [0, 0.05) is 11.6 Å². The van der Waals surface area contributed by atoms with Crippen molar-refractivity contribution >= 4 is 22.7 Å². The predicted molar refractivity (Wildman–Crippen MR) is 114 cm³/mol.